The third kappa shape index (κ3) is 5.33. The summed E-state index contributed by atoms with van der Waals surface area (Å²) in [7, 11) is -3.38. The molecule has 0 spiro atoms. The molecule has 0 aromatic heterocycles. The Morgan fingerprint density at radius 3 is 2.47 bits per heavy atom. The molecule has 0 aliphatic heterocycles. The number of aliphatic hydroxyl groups is 1. The molecule has 0 bridgehead atoms. The van der Waals surface area contributed by atoms with Crippen molar-refractivity contribution < 1.29 is 13.5 Å². The fourth-order valence-electron chi connectivity index (χ4n) is 2.17. The number of rotatable bonds is 7. The Balaban J connectivity index is 2.33. The summed E-state index contributed by atoms with van der Waals surface area (Å²) in [5.74, 6) is 0.821. The van der Waals surface area contributed by atoms with E-state index in [1.807, 2.05) is 13.8 Å². The molecule has 1 rings (SSSR count). The molecule has 0 heterocycles. The van der Waals surface area contributed by atoms with Gasteiger partial charge in [0.05, 0.1) is 0 Å². The van der Waals surface area contributed by atoms with Crippen LogP contribution in [0.25, 0.3) is 0 Å². The van der Waals surface area contributed by atoms with Crippen LogP contribution in [-0.4, -0.2) is 33.2 Å². The molecule has 0 aromatic rings. The molecule has 5 nitrogen and oxygen atoms in total. The quantitative estimate of drug-likeness (QED) is 0.625. The van der Waals surface area contributed by atoms with Crippen molar-refractivity contribution in [3.8, 4) is 0 Å². The van der Waals surface area contributed by atoms with Crippen molar-refractivity contribution in [2.75, 3.05) is 19.7 Å². The van der Waals surface area contributed by atoms with Crippen LogP contribution < -0.4 is 9.44 Å². The Labute approximate surface area is 104 Å². The van der Waals surface area contributed by atoms with Crippen molar-refractivity contribution in [1.82, 2.24) is 9.44 Å². The summed E-state index contributed by atoms with van der Waals surface area (Å²) < 4.78 is 28.3. The van der Waals surface area contributed by atoms with E-state index in [2.05, 4.69) is 9.44 Å². The molecule has 1 aliphatic carbocycles. The summed E-state index contributed by atoms with van der Waals surface area (Å²) in [4.78, 5) is 0. The molecule has 3 N–H and O–H groups in total. The van der Waals surface area contributed by atoms with E-state index in [4.69, 9.17) is 5.11 Å². The van der Waals surface area contributed by atoms with Crippen molar-refractivity contribution >= 4 is 10.2 Å². The Morgan fingerprint density at radius 2 is 1.88 bits per heavy atom. The van der Waals surface area contributed by atoms with Crippen LogP contribution in [0.1, 0.15) is 33.1 Å². The van der Waals surface area contributed by atoms with Gasteiger partial charge >= 0.3 is 0 Å². The molecule has 1 saturated carbocycles. The minimum atomic E-state index is -3.38. The van der Waals surface area contributed by atoms with E-state index in [9.17, 15) is 8.42 Å². The van der Waals surface area contributed by atoms with Crippen molar-refractivity contribution in [3.05, 3.63) is 0 Å². The van der Waals surface area contributed by atoms with Gasteiger partial charge in [0.25, 0.3) is 10.2 Å². The lowest BCUT2D eigenvalue weighted by molar-refractivity contribution is 0.195. The van der Waals surface area contributed by atoms with E-state index in [1.54, 1.807) is 0 Å². The van der Waals surface area contributed by atoms with Crippen molar-refractivity contribution in [3.63, 3.8) is 0 Å². The van der Waals surface area contributed by atoms with Gasteiger partial charge in [-0.1, -0.05) is 20.3 Å². The average Bonchev–Trinajstić information content (AvgIpc) is 2.71. The lowest BCUT2D eigenvalue weighted by Gasteiger charge is -2.18. The van der Waals surface area contributed by atoms with Crippen LogP contribution in [0.5, 0.6) is 0 Å². The SMILES string of the molecule is CC(C)CNS(=O)(=O)NCC1CCCC1CO. The summed E-state index contributed by atoms with van der Waals surface area (Å²) in [6.07, 6.45) is 3.08. The van der Waals surface area contributed by atoms with Gasteiger partial charge in [-0.25, -0.2) is 9.44 Å². The van der Waals surface area contributed by atoms with Gasteiger partial charge in [0, 0.05) is 19.7 Å². The van der Waals surface area contributed by atoms with Crippen molar-refractivity contribution in [1.29, 1.82) is 0 Å². The standard InChI is InChI=1S/C11H24N2O3S/c1-9(2)6-12-17(15,16)13-7-10-4-3-5-11(10)8-14/h9-14H,3-8H2,1-2H3. The highest BCUT2D eigenvalue weighted by molar-refractivity contribution is 7.87. The molecular formula is C11H24N2O3S. The van der Waals surface area contributed by atoms with Crippen LogP contribution >= 0.6 is 0 Å². The molecule has 102 valence electrons. The second-order valence-corrected chi connectivity index (χ2v) is 6.81. The zero-order valence-electron chi connectivity index (χ0n) is 10.6. The van der Waals surface area contributed by atoms with Gasteiger partial charge in [-0.05, 0) is 30.6 Å². The molecule has 0 saturated heterocycles. The molecule has 6 heteroatoms. The maximum Gasteiger partial charge on any atom is 0.276 e. The number of hydrogen-bond donors (Lipinski definition) is 3. The smallest absolute Gasteiger partial charge is 0.276 e. The number of aliphatic hydroxyl groups excluding tert-OH is 1. The van der Waals surface area contributed by atoms with Gasteiger partial charge in [0.15, 0.2) is 0 Å². The van der Waals surface area contributed by atoms with Crippen LogP contribution in [0, 0.1) is 17.8 Å². The van der Waals surface area contributed by atoms with E-state index in [0.29, 0.717) is 19.0 Å². The topological polar surface area (TPSA) is 78.4 Å². The van der Waals surface area contributed by atoms with Gasteiger partial charge in [-0.15, -0.1) is 0 Å². The molecule has 1 aliphatic rings. The van der Waals surface area contributed by atoms with E-state index in [-0.39, 0.29) is 18.4 Å². The zero-order chi connectivity index (χ0) is 12.9. The van der Waals surface area contributed by atoms with E-state index in [1.165, 1.54) is 0 Å². The first-order valence-corrected chi connectivity index (χ1v) is 7.78. The van der Waals surface area contributed by atoms with Gasteiger partial charge in [0.2, 0.25) is 0 Å². The van der Waals surface area contributed by atoms with Gasteiger partial charge in [-0.2, -0.15) is 8.42 Å². The predicted octanol–water partition coefficient (Wildman–Crippen LogP) is 0.475. The second kappa shape index (κ2) is 6.68. The number of hydrogen-bond acceptors (Lipinski definition) is 3. The van der Waals surface area contributed by atoms with Crippen LogP contribution in [0.15, 0.2) is 0 Å². The first-order valence-electron chi connectivity index (χ1n) is 6.29. The van der Waals surface area contributed by atoms with Gasteiger partial charge in [0.1, 0.15) is 0 Å². The highest BCUT2D eigenvalue weighted by Gasteiger charge is 2.27. The molecule has 1 fully saturated rings. The second-order valence-electron chi connectivity index (χ2n) is 5.23. The van der Waals surface area contributed by atoms with Gasteiger partial charge in [-0.3, -0.25) is 0 Å². The Morgan fingerprint density at radius 1 is 1.24 bits per heavy atom. The maximum atomic E-state index is 11.6. The zero-order valence-corrected chi connectivity index (χ0v) is 11.5. The monoisotopic (exact) mass is 264 g/mol. The third-order valence-corrected chi connectivity index (χ3v) is 4.36. The van der Waals surface area contributed by atoms with Crippen LogP contribution in [0.2, 0.25) is 0 Å². The minimum Gasteiger partial charge on any atom is -0.396 e. The summed E-state index contributed by atoms with van der Waals surface area (Å²) in [6, 6.07) is 0. The predicted molar refractivity (Wildman–Crippen MR) is 67.7 cm³/mol. The first kappa shape index (κ1) is 14.9. The van der Waals surface area contributed by atoms with E-state index >= 15 is 0 Å². The summed E-state index contributed by atoms with van der Waals surface area (Å²) in [5, 5.41) is 9.15. The molecule has 2 atom stereocenters. The average molecular weight is 264 g/mol. The van der Waals surface area contributed by atoms with Crippen molar-refractivity contribution in [2.45, 2.75) is 33.1 Å². The fourth-order valence-corrected chi connectivity index (χ4v) is 3.26. The third-order valence-electron chi connectivity index (χ3n) is 3.27. The molecular weight excluding hydrogens is 240 g/mol. The molecule has 2 unspecified atom stereocenters. The lowest BCUT2D eigenvalue weighted by atomic mass is 9.97. The Hall–Kier alpha value is -0.170. The summed E-state index contributed by atoms with van der Waals surface area (Å²) in [5.41, 5.74) is 0. The van der Waals surface area contributed by atoms with Crippen molar-refractivity contribution in [2.24, 2.45) is 17.8 Å². The Kier molecular flexibility index (Phi) is 5.85. The van der Waals surface area contributed by atoms with E-state index < -0.39 is 10.2 Å². The van der Waals surface area contributed by atoms with Crippen LogP contribution in [-0.2, 0) is 10.2 Å². The maximum absolute atomic E-state index is 11.6. The largest absolute Gasteiger partial charge is 0.396 e. The summed E-state index contributed by atoms with van der Waals surface area (Å²) >= 11 is 0. The molecule has 0 aromatic carbocycles. The van der Waals surface area contributed by atoms with E-state index in [0.717, 1.165) is 19.3 Å². The minimum absolute atomic E-state index is 0.159. The highest BCUT2D eigenvalue weighted by atomic mass is 32.2. The molecule has 17 heavy (non-hydrogen) atoms. The lowest BCUT2D eigenvalue weighted by Crippen LogP contribution is -2.41. The summed E-state index contributed by atoms with van der Waals surface area (Å²) in [6.45, 7) is 4.95. The first-order chi connectivity index (χ1) is 7.94. The highest BCUT2D eigenvalue weighted by Crippen LogP contribution is 2.30. The van der Waals surface area contributed by atoms with Gasteiger partial charge < -0.3 is 5.11 Å². The Bertz CT molecular complexity index is 317. The van der Waals surface area contributed by atoms with Crippen LogP contribution in [0.4, 0.5) is 0 Å². The molecule has 0 radical (unpaired) electrons. The number of nitrogens with one attached hydrogen (secondary N) is 2. The fraction of sp³-hybridized carbons (Fsp3) is 1.00. The molecule has 0 amide bonds. The van der Waals surface area contributed by atoms with Crippen LogP contribution in [0.3, 0.4) is 0 Å². The normalized spacial score (nSPS) is 25.6.